The summed E-state index contributed by atoms with van der Waals surface area (Å²) in [5, 5.41) is 12.1. The highest BCUT2D eigenvalue weighted by atomic mass is 19.3. The van der Waals surface area contributed by atoms with Crippen molar-refractivity contribution in [1.82, 2.24) is 5.32 Å². The number of hydrogen-bond donors (Lipinski definition) is 2. The predicted octanol–water partition coefficient (Wildman–Crippen LogP) is 3.03. The third kappa shape index (κ3) is 4.23. The Morgan fingerprint density at radius 3 is 2.33 bits per heavy atom. The number of amides is 1. The molecule has 1 unspecified atom stereocenters. The molecule has 0 radical (unpaired) electrons. The smallest absolute Gasteiger partial charge is 0.387 e. The third-order valence-corrected chi connectivity index (χ3v) is 3.14. The van der Waals surface area contributed by atoms with E-state index in [0.717, 1.165) is 18.2 Å². The van der Waals surface area contributed by atoms with Gasteiger partial charge in [0, 0.05) is 6.54 Å². The van der Waals surface area contributed by atoms with Gasteiger partial charge in [-0.05, 0) is 24.3 Å². The molecule has 0 heterocycles. The Morgan fingerprint density at radius 1 is 1.08 bits per heavy atom. The van der Waals surface area contributed by atoms with Crippen molar-refractivity contribution in [2.45, 2.75) is 12.7 Å². The molecule has 0 aliphatic rings. The fourth-order valence-corrected chi connectivity index (χ4v) is 2.07. The molecule has 24 heavy (non-hydrogen) atoms. The number of alkyl halides is 2. The van der Waals surface area contributed by atoms with Crippen molar-refractivity contribution < 1.29 is 32.2 Å². The Kier molecular flexibility index (Phi) is 5.75. The second-order valence-corrected chi connectivity index (χ2v) is 4.74. The molecule has 8 heteroatoms. The molecule has 0 fully saturated rings. The molecular weight excluding hydrogens is 330 g/mol. The van der Waals surface area contributed by atoms with Gasteiger partial charge in [0.2, 0.25) is 0 Å². The molecule has 2 N–H and O–H groups in total. The number of benzene rings is 2. The molecule has 128 valence electrons. The summed E-state index contributed by atoms with van der Waals surface area (Å²) in [6.07, 6.45) is -1.64. The molecule has 0 aliphatic heterocycles. The Morgan fingerprint density at radius 2 is 1.71 bits per heavy atom. The van der Waals surface area contributed by atoms with Gasteiger partial charge in [0.25, 0.3) is 5.91 Å². The van der Waals surface area contributed by atoms with E-state index in [2.05, 4.69) is 10.1 Å². The maximum Gasteiger partial charge on any atom is 0.387 e. The number of carbonyl (C=O) groups is 1. The van der Waals surface area contributed by atoms with E-state index >= 15 is 0 Å². The molecule has 0 bridgehead atoms. The Hall–Kier alpha value is -2.61. The van der Waals surface area contributed by atoms with Crippen LogP contribution in [-0.4, -0.2) is 24.2 Å². The maximum atomic E-state index is 13.5. The summed E-state index contributed by atoms with van der Waals surface area (Å²) < 4.78 is 55.9. The summed E-state index contributed by atoms with van der Waals surface area (Å²) in [4.78, 5) is 12.0. The average Bonchev–Trinajstić information content (AvgIpc) is 2.52. The van der Waals surface area contributed by atoms with Crippen molar-refractivity contribution in [1.29, 1.82) is 0 Å². The normalized spacial score (nSPS) is 12.1. The molecule has 4 nitrogen and oxygen atoms in total. The topological polar surface area (TPSA) is 58.6 Å². The molecule has 1 amide bonds. The van der Waals surface area contributed by atoms with Gasteiger partial charge >= 0.3 is 6.61 Å². The number of carbonyl (C=O) groups excluding carboxylic acids is 1. The summed E-state index contributed by atoms with van der Waals surface area (Å²) >= 11 is 0. The molecule has 0 saturated carbocycles. The van der Waals surface area contributed by atoms with Crippen molar-refractivity contribution in [3.05, 3.63) is 65.2 Å². The molecular formula is C16H13F4NO3. The van der Waals surface area contributed by atoms with E-state index in [4.69, 9.17) is 0 Å². The Balaban J connectivity index is 2.08. The summed E-state index contributed by atoms with van der Waals surface area (Å²) in [7, 11) is 0. The lowest BCUT2D eigenvalue weighted by Gasteiger charge is -2.15. The van der Waals surface area contributed by atoms with Gasteiger partial charge in [0.05, 0.1) is 11.1 Å². The minimum Gasteiger partial charge on any atom is -0.434 e. The van der Waals surface area contributed by atoms with Crippen LogP contribution in [0.5, 0.6) is 5.75 Å². The number of aliphatic hydroxyl groups excluding tert-OH is 1. The van der Waals surface area contributed by atoms with Gasteiger partial charge in [-0.15, -0.1) is 0 Å². The second-order valence-electron chi connectivity index (χ2n) is 4.74. The lowest BCUT2D eigenvalue weighted by atomic mass is 10.1. The fraction of sp³-hybridized carbons (Fsp3) is 0.188. The molecule has 2 rings (SSSR count). The minimum absolute atomic E-state index is 0.195. The van der Waals surface area contributed by atoms with Gasteiger partial charge in [-0.1, -0.05) is 18.2 Å². The Bertz CT molecular complexity index is 704. The van der Waals surface area contributed by atoms with Crippen molar-refractivity contribution in [3.63, 3.8) is 0 Å². The first-order valence-corrected chi connectivity index (χ1v) is 6.84. The molecule has 0 aliphatic carbocycles. The highest BCUT2D eigenvalue weighted by molar-refractivity contribution is 5.96. The zero-order valence-electron chi connectivity index (χ0n) is 12.2. The first-order chi connectivity index (χ1) is 11.4. The number of ether oxygens (including phenoxy) is 1. The third-order valence-electron chi connectivity index (χ3n) is 3.14. The van der Waals surface area contributed by atoms with Crippen LogP contribution in [-0.2, 0) is 0 Å². The van der Waals surface area contributed by atoms with Gasteiger partial charge in [-0.2, -0.15) is 8.78 Å². The lowest BCUT2D eigenvalue weighted by molar-refractivity contribution is -0.0501. The van der Waals surface area contributed by atoms with Crippen LogP contribution in [0.3, 0.4) is 0 Å². The van der Waals surface area contributed by atoms with Gasteiger partial charge in [0.1, 0.15) is 23.5 Å². The summed E-state index contributed by atoms with van der Waals surface area (Å²) in [6.45, 7) is -3.63. The molecule has 0 aromatic heterocycles. The van der Waals surface area contributed by atoms with E-state index < -0.39 is 42.4 Å². The number of hydrogen-bond acceptors (Lipinski definition) is 3. The van der Waals surface area contributed by atoms with Crippen molar-refractivity contribution in [2.75, 3.05) is 6.54 Å². The standard InChI is InChI=1S/C16H13F4NO3/c17-10-5-3-6-11(18)14(10)12(22)8-21-15(23)9-4-1-2-7-13(9)24-16(19)20/h1-7,12,16,22H,8H2,(H,21,23). The number of rotatable bonds is 6. The van der Waals surface area contributed by atoms with E-state index in [1.54, 1.807) is 0 Å². The quantitative estimate of drug-likeness (QED) is 0.793. The van der Waals surface area contributed by atoms with Crippen LogP contribution < -0.4 is 10.1 Å². The number of para-hydroxylation sites is 1. The van der Waals surface area contributed by atoms with Crippen LogP contribution in [0.1, 0.15) is 22.0 Å². The van der Waals surface area contributed by atoms with E-state index in [1.165, 1.54) is 24.3 Å². The van der Waals surface area contributed by atoms with Crippen LogP contribution in [0.15, 0.2) is 42.5 Å². The van der Waals surface area contributed by atoms with Crippen LogP contribution in [0.4, 0.5) is 17.6 Å². The van der Waals surface area contributed by atoms with Gasteiger partial charge in [0.15, 0.2) is 0 Å². The monoisotopic (exact) mass is 343 g/mol. The first-order valence-electron chi connectivity index (χ1n) is 6.84. The molecule has 0 spiro atoms. The summed E-state index contributed by atoms with van der Waals surface area (Å²) in [5.41, 5.74) is -0.783. The highest BCUT2D eigenvalue weighted by Gasteiger charge is 2.20. The van der Waals surface area contributed by atoms with Crippen LogP contribution in [0, 0.1) is 11.6 Å². The highest BCUT2D eigenvalue weighted by Crippen LogP contribution is 2.22. The van der Waals surface area contributed by atoms with Crippen LogP contribution in [0.25, 0.3) is 0 Å². The predicted molar refractivity (Wildman–Crippen MR) is 76.7 cm³/mol. The van der Waals surface area contributed by atoms with Crippen LogP contribution >= 0.6 is 0 Å². The number of aliphatic hydroxyl groups is 1. The van der Waals surface area contributed by atoms with Crippen LogP contribution in [0.2, 0.25) is 0 Å². The molecule has 1 atom stereocenters. The largest absolute Gasteiger partial charge is 0.434 e. The van der Waals surface area contributed by atoms with E-state index in [0.29, 0.717) is 0 Å². The van der Waals surface area contributed by atoms with Gasteiger partial charge in [-0.3, -0.25) is 4.79 Å². The van der Waals surface area contributed by atoms with E-state index in [1.807, 2.05) is 0 Å². The number of halogens is 4. The average molecular weight is 343 g/mol. The molecule has 2 aromatic rings. The number of nitrogens with one attached hydrogen (secondary N) is 1. The van der Waals surface area contributed by atoms with E-state index in [-0.39, 0.29) is 11.3 Å². The van der Waals surface area contributed by atoms with Crippen molar-refractivity contribution in [3.8, 4) is 5.75 Å². The zero-order chi connectivity index (χ0) is 17.7. The first kappa shape index (κ1) is 17.7. The second kappa shape index (κ2) is 7.78. The minimum atomic E-state index is -3.11. The fourth-order valence-electron chi connectivity index (χ4n) is 2.07. The summed E-state index contributed by atoms with van der Waals surface area (Å²) in [6, 6.07) is 8.32. The van der Waals surface area contributed by atoms with Gasteiger partial charge in [-0.25, -0.2) is 8.78 Å². The molecule has 2 aromatic carbocycles. The van der Waals surface area contributed by atoms with Crippen molar-refractivity contribution >= 4 is 5.91 Å². The summed E-state index contributed by atoms with van der Waals surface area (Å²) in [5.74, 6) is -3.10. The SMILES string of the molecule is O=C(NCC(O)c1c(F)cccc1F)c1ccccc1OC(F)F. The lowest BCUT2D eigenvalue weighted by Crippen LogP contribution is -2.29. The zero-order valence-corrected chi connectivity index (χ0v) is 12.2. The Labute approximate surface area is 134 Å². The van der Waals surface area contributed by atoms with Gasteiger partial charge < -0.3 is 15.2 Å². The van der Waals surface area contributed by atoms with E-state index in [9.17, 15) is 27.5 Å². The maximum absolute atomic E-state index is 13.5. The molecule has 0 saturated heterocycles. The van der Waals surface area contributed by atoms with Crippen molar-refractivity contribution in [2.24, 2.45) is 0 Å².